The average Bonchev–Trinajstić information content (AvgIpc) is 2.16. The second-order valence-corrected chi connectivity index (χ2v) is 5.19. The number of nitrogens with zero attached hydrogens (tertiary/aromatic N) is 1. The zero-order chi connectivity index (χ0) is 13.9. The van der Waals surface area contributed by atoms with Gasteiger partial charge in [0, 0.05) is 19.4 Å². The van der Waals surface area contributed by atoms with E-state index in [9.17, 15) is 9.59 Å². The molecule has 0 aliphatic rings. The van der Waals surface area contributed by atoms with E-state index in [-0.39, 0.29) is 11.1 Å². The summed E-state index contributed by atoms with van der Waals surface area (Å²) in [7, 11) is 3.59. The van der Waals surface area contributed by atoms with Crippen LogP contribution in [0.25, 0.3) is 0 Å². The molecule has 5 nitrogen and oxygen atoms in total. The Labute approximate surface area is 102 Å². The zero-order valence-corrected chi connectivity index (χ0v) is 11.2. The summed E-state index contributed by atoms with van der Waals surface area (Å²) < 4.78 is 5.20. The van der Waals surface area contributed by atoms with E-state index in [0.29, 0.717) is 12.1 Å². The van der Waals surface area contributed by atoms with Gasteiger partial charge in [0.2, 0.25) is 0 Å². The Bertz CT molecular complexity index is 331. The molecular formula is C12H22NO4+. The maximum absolute atomic E-state index is 11.2. The number of carbonyl (C=O) groups is 2. The fourth-order valence-corrected chi connectivity index (χ4v) is 1.03. The number of quaternary nitrogens is 1. The second kappa shape index (κ2) is 5.31. The van der Waals surface area contributed by atoms with Crippen molar-refractivity contribution in [3.05, 3.63) is 12.2 Å². The molecule has 0 saturated carbocycles. The lowest BCUT2D eigenvalue weighted by molar-refractivity contribution is -0.928. The van der Waals surface area contributed by atoms with Gasteiger partial charge in [0.15, 0.2) is 5.54 Å². The summed E-state index contributed by atoms with van der Waals surface area (Å²) >= 11 is 0. The van der Waals surface area contributed by atoms with Crippen molar-refractivity contribution in [2.24, 2.45) is 0 Å². The molecule has 0 aromatic heterocycles. The fraction of sp³-hybridized carbons (Fsp3) is 0.667. The van der Waals surface area contributed by atoms with Crippen molar-refractivity contribution in [2.75, 3.05) is 27.2 Å². The number of ether oxygens (including phenoxy) is 1. The minimum atomic E-state index is -0.935. The molecule has 0 radical (unpaired) electrons. The first-order valence-electron chi connectivity index (χ1n) is 5.41. The molecule has 0 atom stereocenters. The van der Waals surface area contributed by atoms with Gasteiger partial charge < -0.3 is 14.3 Å². The SMILES string of the molecule is C=C(C)C(=O)OCC[N+](C)(C)C(C)(C)C(=O)O. The molecule has 5 heteroatoms. The molecule has 0 aromatic carbocycles. The van der Waals surface area contributed by atoms with Crippen LogP contribution in [0.3, 0.4) is 0 Å². The summed E-state index contributed by atoms with van der Waals surface area (Å²) in [6.45, 7) is 8.95. The molecular weight excluding hydrogens is 222 g/mol. The van der Waals surface area contributed by atoms with Crippen molar-refractivity contribution in [1.29, 1.82) is 0 Å². The van der Waals surface area contributed by atoms with Crippen LogP contribution in [0.1, 0.15) is 20.8 Å². The molecule has 0 aromatic rings. The third kappa shape index (κ3) is 3.85. The second-order valence-electron chi connectivity index (χ2n) is 5.19. The Hall–Kier alpha value is -1.36. The zero-order valence-electron chi connectivity index (χ0n) is 11.2. The first kappa shape index (κ1) is 15.6. The van der Waals surface area contributed by atoms with Crippen molar-refractivity contribution < 1.29 is 23.9 Å². The first-order valence-corrected chi connectivity index (χ1v) is 5.41. The van der Waals surface area contributed by atoms with Crippen LogP contribution in [0.2, 0.25) is 0 Å². The van der Waals surface area contributed by atoms with E-state index in [4.69, 9.17) is 9.84 Å². The molecule has 0 aliphatic carbocycles. The summed E-state index contributed by atoms with van der Waals surface area (Å²) in [5, 5.41) is 9.14. The lowest BCUT2D eigenvalue weighted by Crippen LogP contribution is -2.61. The van der Waals surface area contributed by atoms with Gasteiger partial charge in [-0.1, -0.05) is 6.58 Å². The Morgan fingerprint density at radius 3 is 2.18 bits per heavy atom. The predicted molar refractivity (Wildman–Crippen MR) is 64.5 cm³/mol. The summed E-state index contributed by atoms with van der Waals surface area (Å²) in [6.07, 6.45) is 0. The molecule has 17 heavy (non-hydrogen) atoms. The number of esters is 1. The van der Waals surface area contributed by atoms with E-state index in [0.717, 1.165) is 0 Å². The van der Waals surface area contributed by atoms with Gasteiger partial charge in [-0.2, -0.15) is 0 Å². The lowest BCUT2D eigenvalue weighted by atomic mass is 10.0. The van der Waals surface area contributed by atoms with Crippen LogP contribution < -0.4 is 0 Å². The van der Waals surface area contributed by atoms with Gasteiger partial charge in [-0.15, -0.1) is 0 Å². The van der Waals surface area contributed by atoms with Gasteiger partial charge in [-0.25, -0.2) is 9.59 Å². The molecule has 0 heterocycles. The fourth-order valence-electron chi connectivity index (χ4n) is 1.03. The largest absolute Gasteiger partial charge is 0.477 e. The smallest absolute Gasteiger partial charge is 0.365 e. The molecule has 0 rings (SSSR count). The number of carboxylic acid groups (broad SMARTS) is 1. The highest BCUT2D eigenvalue weighted by molar-refractivity contribution is 5.86. The molecule has 0 amide bonds. The monoisotopic (exact) mass is 244 g/mol. The van der Waals surface area contributed by atoms with Crippen LogP contribution in [0.15, 0.2) is 12.2 Å². The van der Waals surface area contributed by atoms with Gasteiger partial charge in [-0.05, 0) is 6.92 Å². The molecule has 0 saturated heterocycles. The Morgan fingerprint density at radius 2 is 1.82 bits per heavy atom. The van der Waals surface area contributed by atoms with Crippen molar-refractivity contribution in [3.8, 4) is 0 Å². The van der Waals surface area contributed by atoms with Gasteiger partial charge in [0.25, 0.3) is 0 Å². The van der Waals surface area contributed by atoms with Gasteiger partial charge in [0.05, 0.1) is 14.1 Å². The van der Waals surface area contributed by atoms with Crippen molar-refractivity contribution in [1.82, 2.24) is 0 Å². The van der Waals surface area contributed by atoms with Crippen molar-refractivity contribution >= 4 is 11.9 Å². The Kier molecular flexibility index (Phi) is 4.89. The molecule has 0 spiro atoms. The highest BCUT2D eigenvalue weighted by Crippen LogP contribution is 2.20. The van der Waals surface area contributed by atoms with E-state index in [1.807, 2.05) is 0 Å². The average molecular weight is 244 g/mol. The number of aliphatic carboxylic acids is 1. The summed E-state index contributed by atoms with van der Waals surface area (Å²) in [4.78, 5) is 22.3. The van der Waals surface area contributed by atoms with Crippen LogP contribution in [-0.4, -0.2) is 54.3 Å². The van der Waals surface area contributed by atoms with E-state index in [2.05, 4.69) is 6.58 Å². The normalized spacial score (nSPS) is 12.1. The summed E-state index contributed by atoms with van der Waals surface area (Å²) in [6, 6.07) is 0. The quantitative estimate of drug-likeness (QED) is 0.431. The molecule has 0 fully saturated rings. The minimum absolute atomic E-state index is 0.176. The van der Waals surface area contributed by atoms with Crippen molar-refractivity contribution in [3.63, 3.8) is 0 Å². The van der Waals surface area contributed by atoms with Gasteiger partial charge in [-0.3, -0.25) is 0 Å². The van der Waals surface area contributed by atoms with Gasteiger partial charge in [0.1, 0.15) is 13.2 Å². The molecule has 0 bridgehead atoms. The van der Waals surface area contributed by atoms with E-state index < -0.39 is 17.5 Å². The molecule has 0 aliphatic heterocycles. The van der Waals surface area contributed by atoms with Crippen LogP contribution in [0, 0.1) is 0 Å². The number of rotatable bonds is 6. The Balaban J connectivity index is 4.43. The van der Waals surface area contributed by atoms with E-state index in [1.54, 1.807) is 34.9 Å². The van der Waals surface area contributed by atoms with Crippen LogP contribution >= 0.6 is 0 Å². The highest BCUT2D eigenvalue weighted by Gasteiger charge is 2.43. The summed E-state index contributed by atoms with van der Waals surface area (Å²) in [5.74, 6) is -1.33. The van der Waals surface area contributed by atoms with E-state index in [1.165, 1.54) is 0 Å². The Morgan fingerprint density at radius 1 is 1.35 bits per heavy atom. The van der Waals surface area contributed by atoms with Crippen molar-refractivity contribution in [2.45, 2.75) is 26.3 Å². The van der Waals surface area contributed by atoms with E-state index >= 15 is 0 Å². The lowest BCUT2D eigenvalue weighted by Gasteiger charge is -2.41. The molecule has 0 unspecified atom stereocenters. The topological polar surface area (TPSA) is 63.6 Å². The van der Waals surface area contributed by atoms with Crippen LogP contribution in [0.4, 0.5) is 0 Å². The highest BCUT2D eigenvalue weighted by atomic mass is 16.5. The minimum Gasteiger partial charge on any atom is -0.477 e. The third-order valence-electron chi connectivity index (χ3n) is 3.27. The predicted octanol–water partition coefficient (Wildman–Crippen LogP) is 1.05. The molecule has 1 N–H and O–H groups in total. The maximum atomic E-state index is 11.2. The standard InChI is InChI=1S/C12H21NO4/c1-9(2)10(14)17-8-7-13(5,6)12(3,4)11(15)16/h1,7-8H2,2-6H3/p+1. The number of hydrogen-bond acceptors (Lipinski definition) is 3. The third-order valence-corrected chi connectivity index (χ3v) is 3.27. The maximum Gasteiger partial charge on any atom is 0.365 e. The number of likely N-dealkylation sites (N-methyl/N-ethyl adjacent to an activating group) is 1. The summed E-state index contributed by atoms with van der Waals surface area (Å²) in [5.41, 5.74) is -0.594. The number of carbonyl (C=O) groups excluding carboxylic acids is 1. The number of hydrogen-bond donors (Lipinski definition) is 1. The van der Waals surface area contributed by atoms with Crippen LogP contribution in [-0.2, 0) is 14.3 Å². The number of carboxylic acids is 1. The van der Waals surface area contributed by atoms with Crippen LogP contribution in [0.5, 0.6) is 0 Å². The van der Waals surface area contributed by atoms with Gasteiger partial charge >= 0.3 is 11.9 Å². The first-order chi connectivity index (χ1) is 7.52. The molecule has 98 valence electrons.